The van der Waals surface area contributed by atoms with Crippen LogP contribution in [-0.4, -0.2) is 51.9 Å². The number of carbonyl (C=O) groups excluding carboxylic acids is 1. The molecule has 0 atom stereocenters. The van der Waals surface area contributed by atoms with Crippen molar-refractivity contribution in [1.29, 1.82) is 0 Å². The summed E-state index contributed by atoms with van der Waals surface area (Å²) < 4.78 is 44.4. The summed E-state index contributed by atoms with van der Waals surface area (Å²) >= 11 is 0.909. The van der Waals surface area contributed by atoms with Gasteiger partial charge in [-0.2, -0.15) is 4.37 Å². The predicted molar refractivity (Wildman–Crippen MR) is 83.0 cm³/mol. The highest BCUT2D eigenvalue weighted by Crippen LogP contribution is 2.31. The SMILES string of the molecule is CO.O=Cc1nc(-c2cnc(N3CCC(F)(F)CC3)c(F)c2)ns1. The third-order valence-electron chi connectivity index (χ3n) is 3.42. The number of nitrogens with zero attached hydrogens (tertiary/aromatic N) is 4. The Morgan fingerprint density at radius 1 is 1.33 bits per heavy atom. The largest absolute Gasteiger partial charge is 0.400 e. The molecule has 1 N–H and O–H groups in total. The van der Waals surface area contributed by atoms with Gasteiger partial charge in [-0.3, -0.25) is 4.79 Å². The third-order valence-corrected chi connectivity index (χ3v) is 4.06. The number of anilines is 1. The normalized spacial score (nSPS) is 16.3. The van der Waals surface area contributed by atoms with Gasteiger partial charge in [-0.15, -0.1) is 0 Å². The summed E-state index contributed by atoms with van der Waals surface area (Å²) in [7, 11) is 1.00. The zero-order valence-corrected chi connectivity index (χ0v) is 13.6. The number of carbonyl (C=O) groups is 1. The molecular weight excluding hydrogens is 345 g/mol. The Morgan fingerprint density at radius 2 is 2.00 bits per heavy atom. The molecule has 2 aromatic heterocycles. The zero-order chi connectivity index (χ0) is 17.7. The third kappa shape index (κ3) is 4.06. The fourth-order valence-corrected chi connectivity index (χ4v) is 2.73. The van der Waals surface area contributed by atoms with Crippen molar-refractivity contribution in [1.82, 2.24) is 14.3 Å². The highest BCUT2D eigenvalue weighted by Gasteiger charge is 2.35. The number of aldehydes is 1. The van der Waals surface area contributed by atoms with Crippen LogP contribution in [0.2, 0.25) is 0 Å². The summed E-state index contributed by atoms with van der Waals surface area (Å²) in [5, 5.41) is 7.19. The van der Waals surface area contributed by atoms with Gasteiger partial charge in [0.2, 0.25) is 0 Å². The van der Waals surface area contributed by atoms with Gasteiger partial charge in [0.15, 0.2) is 28.8 Å². The van der Waals surface area contributed by atoms with Crippen LogP contribution in [0.15, 0.2) is 12.3 Å². The number of rotatable bonds is 3. The molecule has 0 radical (unpaired) electrons. The Hall–Kier alpha value is -2.07. The van der Waals surface area contributed by atoms with Gasteiger partial charge in [-0.05, 0) is 17.6 Å². The van der Waals surface area contributed by atoms with Crippen LogP contribution in [0.4, 0.5) is 19.0 Å². The van der Waals surface area contributed by atoms with Crippen LogP contribution in [0.25, 0.3) is 11.4 Å². The lowest BCUT2D eigenvalue weighted by Crippen LogP contribution is -2.40. The summed E-state index contributed by atoms with van der Waals surface area (Å²) in [6.07, 6.45) is 1.31. The lowest BCUT2D eigenvalue weighted by atomic mass is 10.1. The number of hydrogen-bond acceptors (Lipinski definition) is 7. The second-order valence-electron chi connectivity index (χ2n) is 4.95. The molecule has 3 heterocycles. The minimum atomic E-state index is -2.69. The van der Waals surface area contributed by atoms with E-state index in [1.54, 1.807) is 0 Å². The Balaban J connectivity index is 0.00000100. The zero-order valence-electron chi connectivity index (χ0n) is 12.7. The number of aliphatic hydroxyl groups excluding tert-OH is 1. The van der Waals surface area contributed by atoms with E-state index in [1.165, 1.54) is 17.2 Å². The number of hydrogen-bond donors (Lipinski definition) is 1. The molecular formula is C14H15F3N4O2S. The van der Waals surface area contributed by atoms with E-state index in [0.29, 0.717) is 11.8 Å². The molecule has 0 spiro atoms. The van der Waals surface area contributed by atoms with Crippen molar-refractivity contribution in [2.75, 3.05) is 25.1 Å². The molecule has 0 amide bonds. The van der Waals surface area contributed by atoms with E-state index in [2.05, 4.69) is 14.3 Å². The summed E-state index contributed by atoms with van der Waals surface area (Å²) in [5.41, 5.74) is 0.341. The minimum absolute atomic E-state index is 0.0464. The summed E-state index contributed by atoms with van der Waals surface area (Å²) in [5.74, 6) is -3.05. The smallest absolute Gasteiger partial charge is 0.251 e. The Kier molecular flexibility index (Phi) is 5.84. The molecule has 130 valence electrons. The van der Waals surface area contributed by atoms with Crippen LogP contribution >= 0.6 is 11.5 Å². The highest BCUT2D eigenvalue weighted by atomic mass is 32.1. The van der Waals surface area contributed by atoms with E-state index >= 15 is 0 Å². The maximum Gasteiger partial charge on any atom is 0.251 e. The van der Waals surface area contributed by atoms with Gasteiger partial charge in [-0.25, -0.2) is 23.1 Å². The quantitative estimate of drug-likeness (QED) is 0.847. The van der Waals surface area contributed by atoms with E-state index in [-0.39, 0.29) is 42.6 Å². The minimum Gasteiger partial charge on any atom is -0.400 e. The molecule has 6 nitrogen and oxygen atoms in total. The molecule has 1 aliphatic rings. The van der Waals surface area contributed by atoms with Crippen molar-refractivity contribution in [3.8, 4) is 11.4 Å². The van der Waals surface area contributed by atoms with Crippen molar-refractivity contribution in [2.24, 2.45) is 0 Å². The van der Waals surface area contributed by atoms with E-state index in [0.717, 1.165) is 18.6 Å². The first-order valence-electron chi connectivity index (χ1n) is 7.01. The fourth-order valence-electron chi connectivity index (χ4n) is 2.23. The van der Waals surface area contributed by atoms with E-state index in [4.69, 9.17) is 5.11 Å². The molecule has 24 heavy (non-hydrogen) atoms. The first-order chi connectivity index (χ1) is 11.5. The first kappa shape index (κ1) is 18.3. The molecule has 3 rings (SSSR count). The van der Waals surface area contributed by atoms with Gasteiger partial charge in [-0.1, -0.05) is 0 Å². The maximum absolute atomic E-state index is 14.2. The number of pyridine rings is 1. The molecule has 1 fully saturated rings. The van der Waals surface area contributed by atoms with Gasteiger partial charge in [0.1, 0.15) is 0 Å². The maximum atomic E-state index is 14.2. The van der Waals surface area contributed by atoms with E-state index in [1.807, 2.05) is 0 Å². The van der Waals surface area contributed by atoms with Gasteiger partial charge in [0.25, 0.3) is 5.92 Å². The lowest BCUT2D eigenvalue weighted by Gasteiger charge is -2.32. The monoisotopic (exact) mass is 360 g/mol. The van der Waals surface area contributed by atoms with Gasteiger partial charge >= 0.3 is 0 Å². The highest BCUT2D eigenvalue weighted by molar-refractivity contribution is 7.07. The van der Waals surface area contributed by atoms with Crippen LogP contribution in [-0.2, 0) is 0 Å². The van der Waals surface area contributed by atoms with Crippen molar-refractivity contribution < 1.29 is 23.1 Å². The number of alkyl halides is 2. The molecule has 0 bridgehead atoms. The topological polar surface area (TPSA) is 79.2 Å². The van der Waals surface area contributed by atoms with Gasteiger partial charge < -0.3 is 10.0 Å². The van der Waals surface area contributed by atoms with Crippen molar-refractivity contribution >= 4 is 23.6 Å². The molecule has 0 aromatic carbocycles. The Morgan fingerprint density at radius 3 is 2.54 bits per heavy atom. The molecule has 0 saturated carbocycles. The van der Waals surface area contributed by atoms with Crippen LogP contribution < -0.4 is 4.90 Å². The molecule has 10 heteroatoms. The fraction of sp³-hybridized carbons (Fsp3) is 0.429. The van der Waals surface area contributed by atoms with Crippen molar-refractivity contribution in [3.05, 3.63) is 23.1 Å². The van der Waals surface area contributed by atoms with E-state index < -0.39 is 11.7 Å². The lowest BCUT2D eigenvalue weighted by molar-refractivity contribution is -0.0222. The number of piperidine rings is 1. The van der Waals surface area contributed by atoms with Gasteiger partial charge in [0, 0.05) is 44.8 Å². The molecule has 2 aromatic rings. The van der Waals surface area contributed by atoms with Crippen molar-refractivity contribution in [2.45, 2.75) is 18.8 Å². The molecule has 1 aliphatic heterocycles. The average Bonchev–Trinajstić information content (AvgIpc) is 3.06. The predicted octanol–water partition coefficient (Wildman–Crippen LogP) is 2.40. The molecule has 0 unspecified atom stereocenters. The number of aliphatic hydroxyl groups is 1. The summed E-state index contributed by atoms with van der Waals surface area (Å²) in [6, 6.07) is 1.20. The van der Waals surface area contributed by atoms with Crippen LogP contribution in [0.3, 0.4) is 0 Å². The molecule has 0 aliphatic carbocycles. The second kappa shape index (κ2) is 7.67. The first-order valence-corrected chi connectivity index (χ1v) is 7.78. The van der Waals surface area contributed by atoms with Crippen molar-refractivity contribution in [3.63, 3.8) is 0 Å². The Bertz CT molecular complexity index is 701. The van der Waals surface area contributed by atoms with Gasteiger partial charge in [0.05, 0.1) is 0 Å². The standard InChI is InChI=1S/C13H11F3N4OS.CH4O/c14-9-5-8(11-18-10(7-21)22-19-11)6-17-12(9)20-3-1-13(15,16)2-4-20;1-2/h5-7H,1-4H2;2H,1H3. The average molecular weight is 360 g/mol. The van der Waals surface area contributed by atoms with Crippen LogP contribution in [0.1, 0.15) is 22.6 Å². The summed E-state index contributed by atoms with van der Waals surface area (Å²) in [4.78, 5) is 20.0. The molecule has 1 saturated heterocycles. The summed E-state index contributed by atoms with van der Waals surface area (Å²) in [6.45, 7) is 0.112. The number of aromatic nitrogens is 3. The Labute approximate surface area is 140 Å². The van der Waals surface area contributed by atoms with Crippen LogP contribution in [0, 0.1) is 5.82 Å². The van der Waals surface area contributed by atoms with E-state index in [9.17, 15) is 18.0 Å². The second-order valence-corrected chi connectivity index (χ2v) is 5.73. The van der Waals surface area contributed by atoms with Crippen LogP contribution in [0.5, 0.6) is 0 Å². The number of halogens is 3.